The second kappa shape index (κ2) is 56.7. The van der Waals surface area contributed by atoms with E-state index >= 15 is 0 Å². The number of hydrogen-bond acceptors (Lipinski definition) is 5. The summed E-state index contributed by atoms with van der Waals surface area (Å²) >= 11 is 0. The molecule has 0 aromatic carbocycles. The topological polar surface area (TPSA) is 72.8 Å². The van der Waals surface area contributed by atoms with E-state index in [4.69, 9.17) is 9.47 Å². The SMILES string of the molecule is CCCCCCC/C=C\C/C=C\C/C=C\CCCCCCCCCCCCCCCCCCC(=O)OC(CO)COC(=O)CCCCCCCC/C=C\C/C=C\C/C=C\CCCCCCC. The molecule has 0 bridgehead atoms. The Bertz CT molecular complexity index is 1180. The highest BCUT2D eigenvalue weighted by molar-refractivity contribution is 5.70. The van der Waals surface area contributed by atoms with Gasteiger partial charge in [0, 0.05) is 12.8 Å². The molecule has 1 N–H and O–H groups in total. The van der Waals surface area contributed by atoms with Crippen LogP contribution >= 0.6 is 0 Å². The van der Waals surface area contributed by atoms with Crippen molar-refractivity contribution in [1.82, 2.24) is 0 Å². The highest BCUT2D eigenvalue weighted by Gasteiger charge is 2.16. The number of carbonyl (C=O) groups is 2. The molecule has 0 aromatic heterocycles. The molecule has 5 nitrogen and oxygen atoms in total. The standard InChI is InChI=1S/C61H108O5/c1-3-5-7-9-11-13-15-17-19-21-23-25-26-27-28-29-30-31-32-33-34-36-38-40-42-44-46-48-50-52-54-56-61(64)66-59(57-62)58-65-60(63)55-53-51-49-47-45-43-41-39-37-35-24-22-20-18-16-14-12-10-8-6-4-2/h15-18,21-24,26-27,37,39,59,62H,3-14,19-20,25,28-36,38,40-58H2,1-2H3/b17-15-,18-16-,23-21-,24-22-,27-26-,39-37-. The van der Waals surface area contributed by atoms with Gasteiger partial charge in [-0.2, -0.15) is 0 Å². The van der Waals surface area contributed by atoms with E-state index in [1.165, 1.54) is 186 Å². The molecular formula is C61H108O5. The highest BCUT2D eigenvalue weighted by atomic mass is 16.6. The normalized spacial score (nSPS) is 12.7. The maximum atomic E-state index is 12.3. The summed E-state index contributed by atoms with van der Waals surface area (Å²) in [5, 5.41) is 9.65. The van der Waals surface area contributed by atoms with Gasteiger partial charge in [-0.15, -0.1) is 0 Å². The lowest BCUT2D eigenvalue weighted by atomic mass is 10.0. The van der Waals surface area contributed by atoms with Gasteiger partial charge in [0.05, 0.1) is 6.61 Å². The number of allylic oxidation sites excluding steroid dienone is 12. The van der Waals surface area contributed by atoms with Crippen molar-refractivity contribution in [2.24, 2.45) is 0 Å². The fourth-order valence-corrected chi connectivity index (χ4v) is 8.16. The third kappa shape index (κ3) is 54.0. The van der Waals surface area contributed by atoms with E-state index < -0.39 is 6.10 Å². The van der Waals surface area contributed by atoms with Gasteiger partial charge in [0.2, 0.25) is 0 Å². The number of esters is 2. The molecule has 0 amide bonds. The van der Waals surface area contributed by atoms with Crippen LogP contribution in [0.3, 0.4) is 0 Å². The molecular weight excluding hydrogens is 813 g/mol. The zero-order valence-electron chi connectivity index (χ0n) is 43.7. The maximum Gasteiger partial charge on any atom is 0.306 e. The molecule has 0 saturated carbocycles. The number of aliphatic hydroxyl groups excluding tert-OH is 1. The van der Waals surface area contributed by atoms with Gasteiger partial charge in [0.15, 0.2) is 6.10 Å². The lowest BCUT2D eigenvalue weighted by Crippen LogP contribution is -2.28. The first-order valence-corrected chi connectivity index (χ1v) is 28.5. The zero-order chi connectivity index (χ0) is 47.7. The van der Waals surface area contributed by atoms with Crippen LogP contribution in [0.5, 0.6) is 0 Å². The summed E-state index contributed by atoms with van der Waals surface area (Å²) in [5.41, 5.74) is 0. The van der Waals surface area contributed by atoms with Gasteiger partial charge in [-0.25, -0.2) is 0 Å². The van der Waals surface area contributed by atoms with E-state index in [2.05, 4.69) is 86.8 Å². The quantitative estimate of drug-likeness (QED) is 0.0374. The molecule has 0 aliphatic rings. The molecule has 5 heteroatoms. The minimum atomic E-state index is -0.781. The largest absolute Gasteiger partial charge is 0.462 e. The van der Waals surface area contributed by atoms with Crippen LogP contribution in [0.25, 0.3) is 0 Å². The second-order valence-electron chi connectivity index (χ2n) is 19.0. The smallest absolute Gasteiger partial charge is 0.306 e. The molecule has 0 radical (unpaired) electrons. The summed E-state index contributed by atoms with van der Waals surface area (Å²) < 4.78 is 10.7. The van der Waals surface area contributed by atoms with Crippen molar-refractivity contribution < 1.29 is 24.2 Å². The Labute approximate surface area is 410 Å². The third-order valence-corrected chi connectivity index (χ3v) is 12.5. The van der Waals surface area contributed by atoms with E-state index in [1.54, 1.807) is 0 Å². The number of unbranched alkanes of at least 4 members (excludes halogenated alkanes) is 32. The first kappa shape index (κ1) is 63.3. The van der Waals surface area contributed by atoms with Crippen LogP contribution in [-0.2, 0) is 19.1 Å². The fourth-order valence-electron chi connectivity index (χ4n) is 8.16. The third-order valence-electron chi connectivity index (χ3n) is 12.5. The minimum absolute atomic E-state index is 0.0735. The monoisotopic (exact) mass is 921 g/mol. The molecule has 0 saturated heterocycles. The van der Waals surface area contributed by atoms with Crippen molar-refractivity contribution in [2.45, 2.75) is 290 Å². The van der Waals surface area contributed by atoms with Gasteiger partial charge in [0.1, 0.15) is 6.61 Å². The van der Waals surface area contributed by atoms with E-state index in [9.17, 15) is 14.7 Å². The molecule has 1 atom stereocenters. The maximum absolute atomic E-state index is 12.3. The molecule has 0 aromatic rings. The van der Waals surface area contributed by atoms with Crippen LogP contribution in [0.4, 0.5) is 0 Å². The van der Waals surface area contributed by atoms with Gasteiger partial charge in [-0.3, -0.25) is 9.59 Å². The summed E-state index contributed by atoms with van der Waals surface area (Å²) in [6.45, 7) is 4.13. The van der Waals surface area contributed by atoms with Crippen LogP contribution in [0.2, 0.25) is 0 Å². The summed E-state index contributed by atoms with van der Waals surface area (Å²) in [4.78, 5) is 24.5. The Morgan fingerprint density at radius 3 is 0.909 bits per heavy atom. The Morgan fingerprint density at radius 1 is 0.348 bits per heavy atom. The average molecular weight is 922 g/mol. The molecule has 0 spiro atoms. The van der Waals surface area contributed by atoms with E-state index in [1.807, 2.05) is 0 Å². The Morgan fingerprint density at radius 2 is 0.606 bits per heavy atom. The van der Waals surface area contributed by atoms with Crippen molar-refractivity contribution in [3.8, 4) is 0 Å². The number of carbonyl (C=O) groups excluding carboxylic acids is 2. The van der Waals surface area contributed by atoms with Crippen LogP contribution < -0.4 is 0 Å². The summed E-state index contributed by atoms with van der Waals surface area (Å²) in [7, 11) is 0. The molecule has 0 rings (SSSR count). The lowest BCUT2D eigenvalue weighted by Gasteiger charge is -2.15. The van der Waals surface area contributed by atoms with Crippen LogP contribution in [0.15, 0.2) is 72.9 Å². The molecule has 382 valence electrons. The number of aliphatic hydroxyl groups is 1. The summed E-state index contributed by atoms with van der Waals surface area (Å²) in [6, 6.07) is 0. The van der Waals surface area contributed by atoms with Gasteiger partial charge in [-0.05, 0) is 89.9 Å². The molecule has 0 aliphatic carbocycles. The zero-order valence-corrected chi connectivity index (χ0v) is 43.7. The first-order valence-electron chi connectivity index (χ1n) is 28.5. The number of rotatable bonds is 52. The van der Waals surface area contributed by atoms with Crippen molar-refractivity contribution >= 4 is 11.9 Å². The van der Waals surface area contributed by atoms with Crippen LogP contribution in [0, 0.1) is 0 Å². The molecule has 1 unspecified atom stereocenters. The minimum Gasteiger partial charge on any atom is -0.462 e. The summed E-state index contributed by atoms with van der Waals surface area (Å²) in [6.07, 6.45) is 77.3. The van der Waals surface area contributed by atoms with Crippen molar-refractivity contribution in [2.75, 3.05) is 13.2 Å². The van der Waals surface area contributed by atoms with Gasteiger partial charge in [0.25, 0.3) is 0 Å². The molecule has 0 aliphatic heterocycles. The van der Waals surface area contributed by atoms with Crippen LogP contribution in [0.1, 0.15) is 284 Å². The van der Waals surface area contributed by atoms with E-state index in [0.717, 1.165) is 70.6 Å². The molecule has 0 fully saturated rings. The fraction of sp³-hybridized carbons (Fsp3) is 0.770. The summed E-state index contributed by atoms with van der Waals surface area (Å²) in [5.74, 6) is -0.599. The second-order valence-corrected chi connectivity index (χ2v) is 19.0. The van der Waals surface area contributed by atoms with Gasteiger partial charge in [-0.1, -0.05) is 254 Å². The predicted octanol–water partition coefficient (Wildman–Crippen LogP) is 19.2. The number of ether oxygens (including phenoxy) is 2. The lowest BCUT2D eigenvalue weighted by molar-refractivity contribution is -0.161. The average Bonchev–Trinajstić information content (AvgIpc) is 3.32. The van der Waals surface area contributed by atoms with E-state index in [0.29, 0.717) is 12.8 Å². The Balaban J connectivity index is 3.50. The van der Waals surface area contributed by atoms with Gasteiger partial charge < -0.3 is 14.6 Å². The van der Waals surface area contributed by atoms with Crippen LogP contribution in [-0.4, -0.2) is 36.4 Å². The Kier molecular flexibility index (Phi) is 54.4. The van der Waals surface area contributed by atoms with Crippen molar-refractivity contribution in [3.63, 3.8) is 0 Å². The number of hydrogen-bond donors (Lipinski definition) is 1. The van der Waals surface area contributed by atoms with Gasteiger partial charge >= 0.3 is 11.9 Å². The van der Waals surface area contributed by atoms with E-state index in [-0.39, 0.29) is 25.2 Å². The molecule has 0 heterocycles. The Hall–Kier alpha value is -2.66. The van der Waals surface area contributed by atoms with Crippen molar-refractivity contribution in [3.05, 3.63) is 72.9 Å². The first-order chi connectivity index (χ1) is 32.6. The highest BCUT2D eigenvalue weighted by Crippen LogP contribution is 2.16. The molecule has 66 heavy (non-hydrogen) atoms. The van der Waals surface area contributed by atoms with Crippen molar-refractivity contribution in [1.29, 1.82) is 0 Å². The predicted molar refractivity (Wildman–Crippen MR) is 288 cm³/mol.